The van der Waals surface area contributed by atoms with Gasteiger partial charge in [-0.1, -0.05) is 44.5 Å². The number of hydrogen-bond donors (Lipinski definition) is 1. The van der Waals surface area contributed by atoms with Crippen LogP contribution in [0.4, 0.5) is 0 Å². The molecule has 1 nitrogen and oxygen atoms in total. The zero-order valence-corrected chi connectivity index (χ0v) is 11.0. The minimum absolute atomic E-state index is 0.393. The van der Waals surface area contributed by atoms with Gasteiger partial charge in [-0.3, -0.25) is 0 Å². The van der Waals surface area contributed by atoms with Crippen LogP contribution in [0.2, 0.25) is 0 Å². The summed E-state index contributed by atoms with van der Waals surface area (Å²) in [7, 11) is 0. The van der Waals surface area contributed by atoms with Gasteiger partial charge in [-0.15, -0.1) is 0 Å². The molecule has 1 saturated carbocycles. The van der Waals surface area contributed by atoms with Crippen molar-refractivity contribution in [3.05, 3.63) is 35.4 Å². The summed E-state index contributed by atoms with van der Waals surface area (Å²) in [5, 5.41) is 3.90. The van der Waals surface area contributed by atoms with E-state index in [4.69, 9.17) is 0 Å². The first-order chi connectivity index (χ1) is 8.17. The second-order valence-corrected chi connectivity index (χ2v) is 6.41. The van der Waals surface area contributed by atoms with E-state index in [-0.39, 0.29) is 0 Å². The van der Waals surface area contributed by atoms with Gasteiger partial charge in [-0.05, 0) is 42.2 Å². The number of hydrogen-bond acceptors (Lipinski definition) is 1. The van der Waals surface area contributed by atoms with Crippen molar-refractivity contribution in [2.75, 3.05) is 0 Å². The summed E-state index contributed by atoms with van der Waals surface area (Å²) < 4.78 is 0. The normalized spacial score (nSPS) is 27.3. The predicted molar refractivity (Wildman–Crippen MR) is 72.1 cm³/mol. The molecular weight excluding hydrogens is 206 g/mol. The molecule has 92 valence electrons. The zero-order chi connectivity index (χ0) is 11.9. The van der Waals surface area contributed by atoms with Crippen molar-refractivity contribution >= 4 is 0 Å². The molecule has 0 spiro atoms. The summed E-state index contributed by atoms with van der Waals surface area (Å²) in [5.74, 6) is 0. The van der Waals surface area contributed by atoms with Crippen molar-refractivity contribution in [1.29, 1.82) is 0 Å². The first kappa shape index (κ1) is 11.3. The van der Waals surface area contributed by atoms with Crippen LogP contribution >= 0.6 is 0 Å². The smallest absolute Gasteiger partial charge is 0.0376 e. The first-order valence-electron chi connectivity index (χ1n) is 7.01. The Morgan fingerprint density at radius 3 is 2.65 bits per heavy atom. The van der Waals surface area contributed by atoms with Crippen LogP contribution in [-0.2, 0) is 6.42 Å². The van der Waals surface area contributed by atoms with Gasteiger partial charge in [0.15, 0.2) is 0 Å². The van der Waals surface area contributed by atoms with Gasteiger partial charge in [-0.2, -0.15) is 0 Å². The molecular formula is C16H23N. The Kier molecular flexibility index (Phi) is 2.74. The Hall–Kier alpha value is -0.820. The fraction of sp³-hybridized carbons (Fsp3) is 0.625. The van der Waals surface area contributed by atoms with Gasteiger partial charge >= 0.3 is 0 Å². The number of rotatable bonds is 2. The summed E-state index contributed by atoms with van der Waals surface area (Å²) >= 11 is 0. The van der Waals surface area contributed by atoms with Crippen LogP contribution in [-0.4, -0.2) is 6.04 Å². The maximum atomic E-state index is 3.90. The monoisotopic (exact) mass is 229 g/mol. The van der Waals surface area contributed by atoms with Crippen LogP contribution in [0.25, 0.3) is 0 Å². The van der Waals surface area contributed by atoms with E-state index in [9.17, 15) is 0 Å². The van der Waals surface area contributed by atoms with Gasteiger partial charge in [0.05, 0.1) is 0 Å². The molecule has 1 aromatic carbocycles. The molecule has 0 aromatic heterocycles. The van der Waals surface area contributed by atoms with E-state index in [0.29, 0.717) is 11.5 Å². The van der Waals surface area contributed by atoms with E-state index < -0.39 is 0 Å². The van der Waals surface area contributed by atoms with Crippen LogP contribution in [0.15, 0.2) is 24.3 Å². The first-order valence-corrected chi connectivity index (χ1v) is 7.01. The predicted octanol–water partition coefficient (Wildman–Crippen LogP) is 3.84. The Morgan fingerprint density at radius 1 is 1.18 bits per heavy atom. The van der Waals surface area contributed by atoms with Gasteiger partial charge < -0.3 is 5.32 Å². The van der Waals surface area contributed by atoms with Gasteiger partial charge in [-0.25, -0.2) is 0 Å². The third-order valence-electron chi connectivity index (χ3n) is 4.69. The van der Waals surface area contributed by atoms with Gasteiger partial charge in [0.25, 0.3) is 0 Å². The quantitative estimate of drug-likeness (QED) is 0.812. The number of fused-ring (bicyclic) bond motifs is 1. The summed E-state index contributed by atoms with van der Waals surface area (Å²) in [6.45, 7) is 4.83. The van der Waals surface area contributed by atoms with Crippen molar-refractivity contribution < 1.29 is 0 Å². The Labute approximate surface area is 105 Å². The molecule has 1 atom stereocenters. The van der Waals surface area contributed by atoms with E-state index >= 15 is 0 Å². The second-order valence-electron chi connectivity index (χ2n) is 6.41. The largest absolute Gasteiger partial charge is 0.307 e. The van der Waals surface area contributed by atoms with Crippen molar-refractivity contribution in [2.45, 2.75) is 58.0 Å². The zero-order valence-electron chi connectivity index (χ0n) is 11.0. The standard InChI is InChI=1S/C16H23N/c1-16(2)11-10-12-6-3-4-9-14(12)15(16)17-13-7-5-8-13/h3-4,6,9,13,15,17H,5,7-8,10-11H2,1-2H3. The van der Waals surface area contributed by atoms with Crippen molar-refractivity contribution in [1.82, 2.24) is 5.32 Å². The average molecular weight is 229 g/mol. The Morgan fingerprint density at radius 2 is 1.94 bits per heavy atom. The van der Waals surface area contributed by atoms with Gasteiger partial charge in [0.1, 0.15) is 0 Å². The third-order valence-corrected chi connectivity index (χ3v) is 4.69. The highest BCUT2D eigenvalue weighted by Crippen LogP contribution is 2.44. The molecule has 0 heterocycles. The minimum Gasteiger partial charge on any atom is -0.307 e. The van der Waals surface area contributed by atoms with E-state index in [2.05, 4.69) is 43.4 Å². The average Bonchev–Trinajstić information content (AvgIpc) is 2.25. The number of aryl methyl sites for hydroxylation is 1. The minimum atomic E-state index is 0.393. The SMILES string of the molecule is CC1(C)CCc2ccccc2C1NC1CCC1. The molecule has 1 aromatic rings. The van der Waals surface area contributed by atoms with Crippen LogP contribution in [0.5, 0.6) is 0 Å². The van der Waals surface area contributed by atoms with E-state index in [1.54, 1.807) is 11.1 Å². The lowest BCUT2D eigenvalue weighted by Gasteiger charge is -2.44. The molecule has 2 aliphatic rings. The molecule has 1 unspecified atom stereocenters. The van der Waals surface area contributed by atoms with Crippen LogP contribution in [0.1, 0.15) is 56.7 Å². The Balaban J connectivity index is 1.90. The highest BCUT2D eigenvalue weighted by atomic mass is 15.0. The molecule has 0 bridgehead atoms. The summed E-state index contributed by atoms with van der Waals surface area (Å²) in [6, 6.07) is 10.3. The second kappa shape index (κ2) is 4.13. The van der Waals surface area contributed by atoms with E-state index in [1.165, 1.54) is 32.1 Å². The highest BCUT2D eigenvalue weighted by Gasteiger charge is 2.37. The molecule has 3 rings (SSSR count). The topological polar surface area (TPSA) is 12.0 Å². The molecule has 17 heavy (non-hydrogen) atoms. The summed E-state index contributed by atoms with van der Waals surface area (Å²) in [4.78, 5) is 0. The number of nitrogens with one attached hydrogen (secondary N) is 1. The third kappa shape index (κ3) is 2.01. The molecule has 0 saturated heterocycles. The summed E-state index contributed by atoms with van der Waals surface area (Å²) in [6.07, 6.45) is 6.69. The van der Waals surface area contributed by atoms with Crippen LogP contribution < -0.4 is 5.32 Å². The molecule has 0 radical (unpaired) electrons. The van der Waals surface area contributed by atoms with E-state index in [1.807, 2.05) is 0 Å². The lowest BCUT2D eigenvalue weighted by Crippen LogP contribution is -2.45. The molecule has 1 fully saturated rings. The highest BCUT2D eigenvalue weighted by molar-refractivity contribution is 5.34. The fourth-order valence-corrected chi connectivity index (χ4v) is 3.19. The lowest BCUT2D eigenvalue weighted by atomic mass is 9.69. The maximum absolute atomic E-state index is 3.90. The molecule has 1 N–H and O–H groups in total. The number of benzene rings is 1. The van der Waals surface area contributed by atoms with Gasteiger partial charge in [0, 0.05) is 12.1 Å². The fourth-order valence-electron chi connectivity index (χ4n) is 3.19. The lowest BCUT2D eigenvalue weighted by molar-refractivity contribution is 0.169. The maximum Gasteiger partial charge on any atom is 0.0376 e. The molecule has 0 amide bonds. The molecule has 2 aliphatic carbocycles. The Bertz CT molecular complexity index is 404. The van der Waals surface area contributed by atoms with Gasteiger partial charge in [0.2, 0.25) is 0 Å². The van der Waals surface area contributed by atoms with E-state index in [0.717, 1.165) is 6.04 Å². The molecule has 0 aliphatic heterocycles. The summed E-state index contributed by atoms with van der Waals surface area (Å²) in [5.41, 5.74) is 3.50. The van der Waals surface area contributed by atoms with Crippen molar-refractivity contribution in [3.63, 3.8) is 0 Å². The van der Waals surface area contributed by atoms with Crippen LogP contribution in [0, 0.1) is 5.41 Å². The van der Waals surface area contributed by atoms with Crippen LogP contribution in [0.3, 0.4) is 0 Å². The molecule has 1 heteroatoms. The van der Waals surface area contributed by atoms with Crippen molar-refractivity contribution in [2.24, 2.45) is 5.41 Å². The van der Waals surface area contributed by atoms with Crippen molar-refractivity contribution in [3.8, 4) is 0 Å².